The third-order valence-corrected chi connectivity index (χ3v) is 4.38. The molecule has 1 saturated heterocycles. The average molecular weight is 414 g/mol. The Bertz CT molecular complexity index is 927. The lowest BCUT2D eigenvalue weighted by molar-refractivity contribution is -0.384. The molecule has 0 spiro atoms. The van der Waals surface area contributed by atoms with Gasteiger partial charge in [0.1, 0.15) is 5.69 Å². The normalized spacial score (nSPS) is 13.8. The van der Waals surface area contributed by atoms with Crippen LogP contribution in [0.1, 0.15) is 5.56 Å². The van der Waals surface area contributed by atoms with Gasteiger partial charge in [0.15, 0.2) is 18.1 Å². The fourth-order valence-corrected chi connectivity index (χ4v) is 2.93. The minimum absolute atomic E-state index is 0.0216. The van der Waals surface area contributed by atoms with Crippen molar-refractivity contribution < 1.29 is 23.9 Å². The maximum absolute atomic E-state index is 11.9. The Kier molecular flexibility index (Phi) is 7.17. The van der Waals surface area contributed by atoms with Crippen LogP contribution < -0.4 is 19.8 Å². The summed E-state index contributed by atoms with van der Waals surface area (Å²) in [5.74, 6) is 0.478. The van der Waals surface area contributed by atoms with Crippen molar-refractivity contribution in [1.29, 1.82) is 0 Å². The number of ether oxygens (including phenoxy) is 3. The highest BCUT2D eigenvalue weighted by Crippen LogP contribution is 2.29. The zero-order valence-electron chi connectivity index (χ0n) is 16.4. The number of rotatable bonds is 8. The molecular weight excluding hydrogens is 392 g/mol. The van der Waals surface area contributed by atoms with Gasteiger partial charge in [-0.05, 0) is 18.2 Å². The van der Waals surface area contributed by atoms with E-state index in [1.54, 1.807) is 36.4 Å². The Morgan fingerprint density at radius 3 is 2.70 bits per heavy atom. The van der Waals surface area contributed by atoms with Crippen molar-refractivity contribution in [2.24, 2.45) is 5.10 Å². The van der Waals surface area contributed by atoms with E-state index >= 15 is 0 Å². The molecule has 0 unspecified atom stereocenters. The second-order valence-electron chi connectivity index (χ2n) is 6.34. The van der Waals surface area contributed by atoms with Gasteiger partial charge in [0.05, 0.1) is 31.5 Å². The van der Waals surface area contributed by atoms with Crippen molar-refractivity contribution in [3.8, 4) is 11.5 Å². The fraction of sp³-hybridized carbons (Fsp3) is 0.300. The molecule has 0 bridgehead atoms. The van der Waals surface area contributed by atoms with Gasteiger partial charge in [0.2, 0.25) is 0 Å². The molecule has 0 atom stereocenters. The number of para-hydroxylation sites is 2. The van der Waals surface area contributed by atoms with E-state index in [1.807, 2.05) is 4.90 Å². The highest BCUT2D eigenvalue weighted by Gasteiger charge is 2.21. The SMILES string of the molecule is COc1ccccc1OCC(=O)NN=Cc1ccc(N2CCOCC2)c([N+](=O)[O-])c1. The van der Waals surface area contributed by atoms with E-state index in [0.717, 1.165) is 0 Å². The highest BCUT2D eigenvalue weighted by atomic mass is 16.6. The molecular formula is C20H22N4O6. The summed E-state index contributed by atoms with van der Waals surface area (Å²) in [4.78, 5) is 24.9. The number of methoxy groups -OCH3 is 1. The van der Waals surface area contributed by atoms with E-state index < -0.39 is 10.8 Å². The number of benzene rings is 2. The van der Waals surface area contributed by atoms with Gasteiger partial charge in [-0.1, -0.05) is 18.2 Å². The van der Waals surface area contributed by atoms with Gasteiger partial charge in [-0.25, -0.2) is 5.43 Å². The van der Waals surface area contributed by atoms with Gasteiger partial charge in [-0.2, -0.15) is 5.10 Å². The van der Waals surface area contributed by atoms with Gasteiger partial charge in [-0.3, -0.25) is 14.9 Å². The van der Waals surface area contributed by atoms with Gasteiger partial charge >= 0.3 is 0 Å². The van der Waals surface area contributed by atoms with Gasteiger partial charge in [-0.15, -0.1) is 0 Å². The minimum Gasteiger partial charge on any atom is -0.493 e. The van der Waals surface area contributed by atoms with Crippen LogP contribution in [0.2, 0.25) is 0 Å². The lowest BCUT2D eigenvalue weighted by atomic mass is 10.1. The second kappa shape index (κ2) is 10.2. The van der Waals surface area contributed by atoms with Gasteiger partial charge in [0.25, 0.3) is 11.6 Å². The third kappa shape index (κ3) is 5.45. The zero-order chi connectivity index (χ0) is 21.3. The van der Waals surface area contributed by atoms with Crippen LogP contribution in [-0.2, 0) is 9.53 Å². The van der Waals surface area contributed by atoms with Crippen LogP contribution >= 0.6 is 0 Å². The first-order chi connectivity index (χ1) is 14.6. The Balaban J connectivity index is 1.59. The zero-order valence-corrected chi connectivity index (χ0v) is 16.4. The quantitative estimate of drug-likeness (QED) is 0.399. The molecule has 2 aromatic rings. The first-order valence-corrected chi connectivity index (χ1v) is 9.27. The summed E-state index contributed by atoms with van der Waals surface area (Å²) in [5, 5.41) is 15.3. The number of hydrazone groups is 1. The standard InChI is InChI=1S/C20H22N4O6/c1-28-18-4-2-3-5-19(18)30-14-20(25)22-21-13-15-6-7-16(17(12-15)24(26)27)23-8-10-29-11-9-23/h2-7,12-13H,8-11,14H2,1H3,(H,22,25). The van der Waals surface area contributed by atoms with Crippen LogP contribution in [0.4, 0.5) is 11.4 Å². The Morgan fingerprint density at radius 1 is 1.27 bits per heavy atom. The number of nitro benzene ring substituents is 1. The maximum atomic E-state index is 11.9. The number of anilines is 1. The van der Waals surface area contributed by atoms with Crippen molar-refractivity contribution in [3.63, 3.8) is 0 Å². The van der Waals surface area contributed by atoms with Crippen LogP contribution in [0.25, 0.3) is 0 Å². The first kappa shape index (κ1) is 21.1. The molecule has 1 heterocycles. The van der Waals surface area contributed by atoms with Gasteiger partial charge < -0.3 is 19.1 Å². The number of nitrogens with one attached hydrogen (secondary N) is 1. The molecule has 1 aliphatic heterocycles. The van der Waals surface area contributed by atoms with Crippen LogP contribution in [0, 0.1) is 10.1 Å². The molecule has 2 aromatic carbocycles. The van der Waals surface area contributed by atoms with Crippen molar-refractivity contribution in [2.75, 3.05) is 44.9 Å². The molecule has 1 aliphatic rings. The molecule has 158 valence electrons. The molecule has 0 aromatic heterocycles. The average Bonchev–Trinajstić information content (AvgIpc) is 2.78. The summed E-state index contributed by atoms with van der Waals surface area (Å²) in [6.07, 6.45) is 1.34. The van der Waals surface area contributed by atoms with Crippen molar-refractivity contribution in [3.05, 3.63) is 58.1 Å². The first-order valence-electron chi connectivity index (χ1n) is 9.27. The van der Waals surface area contributed by atoms with E-state index in [0.29, 0.717) is 49.1 Å². The fourth-order valence-electron chi connectivity index (χ4n) is 2.93. The maximum Gasteiger partial charge on any atom is 0.293 e. The number of hydrogen-bond donors (Lipinski definition) is 1. The van der Waals surface area contributed by atoms with Crippen molar-refractivity contribution in [1.82, 2.24) is 5.43 Å². The predicted molar refractivity (Wildman–Crippen MR) is 110 cm³/mol. The van der Waals surface area contributed by atoms with E-state index in [9.17, 15) is 14.9 Å². The largest absolute Gasteiger partial charge is 0.493 e. The number of nitrogens with zero attached hydrogens (tertiary/aromatic N) is 3. The van der Waals surface area contributed by atoms with Crippen LogP contribution in [-0.4, -0.2) is 57.1 Å². The lowest BCUT2D eigenvalue weighted by Crippen LogP contribution is -2.36. The Labute approximate surface area is 173 Å². The molecule has 1 fully saturated rings. The minimum atomic E-state index is -0.475. The van der Waals surface area contributed by atoms with E-state index in [-0.39, 0.29) is 12.3 Å². The third-order valence-electron chi connectivity index (χ3n) is 4.38. The van der Waals surface area contributed by atoms with Crippen LogP contribution in [0.5, 0.6) is 11.5 Å². The van der Waals surface area contributed by atoms with Crippen molar-refractivity contribution >= 4 is 23.5 Å². The summed E-state index contributed by atoms with van der Waals surface area (Å²) < 4.78 is 15.9. The van der Waals surface area contributed by atoms with Crippen LogP contribution in [0.3, 0.4) is 0 Å². The summed E-state index contributed by atoms with van der Waals surface area (Å²) in [6, 6.07) is 11.8. The number of morpholine rings is 1. The summed E-state index contributed by atoms with van der Waals surface area (Å²) in [7, 11) is 1.51. The van der Waals surface area contributed by atoms with Gasteiger partial charge in [0, 0.05) is 24.7 Å². The summed E-state index contributed by atoms with van der Waals surface area (Å²) in [6.45, 7) is 1.99. The predicted octanol–water partition coefficient (Wildman–Crippen LogP) is 1.97. The van der Waals surface area contributed by atoms with E-state index in [4.69, 9.17) is 14.2 Å². The topological polar surface area (TPSA) is 116 Å². The molecule has 0 saturated carbocycles. The molecule has 10 heteroatoms. The molecule has 10 nitrogen and oxygen atoms in total. The summed E-state index contributed by atoms with van der Waals surface area (Å²) in [5.41, 5.74) is 3.34. The van der Waals surface area contributed by atoms with Crippen LogP contribution in [0.15, 0.2) is 47.6 Å². The number of carbonyl (C=O) groups excluding carboxylic acids is 1. The van der Waals surface area contributed by atoms with E-state index in [1.165, 1.54) is 19.4 Å². The number of carbonyl (C=O) groups is 1. The molecule has 1 amide bonds. The van der Waals surface area contributed by atoms with E-state index in [2.05, 4.69) is 10.5 Å². The molecule has 30 heavy (non-hydrogen) atoms. The smallest absolute Gasteiger partial charge is 0.293 e. The van der Waals surface area contributed by atoms with Crippen molar-refractivity contribution in [2.45, 2.75) is 0 Å². The summed E-state index contributed by atoms with van der Waals surface area (Å²) >= 11 is 0. The molecule has 0 radical (unpaired) electrons. The number of amides is 1. The lowest BCUT2D eigenvalue weighted by Gasteiger charge is -2.28. The molecule has 0 aliphatic carbocycles. The number of nitro groups is 1. The monoisotopic (exact) mass is 414 g/mol. The Morgan fingerprint density at radius 2 is 2.00 bits per heavy atom. The second-order valence-corrected chi connectivity index (χ2v) is 6.34. The Hall–Kier alpha value is -3.66. The number of hydrogen-bond acceptors (Lipinski definition) is 8. The molecule has 1 N–H and O–H groups in total. The molecule has 3 rings (SSSR count). The highest BCUT2D eigenvalue weighted by molar-refractivity contribution is 5.85.